The second kappa shape index (κ2) is 5.60. The minimum Gasteiger partial charge on any atom is -0.388 e. The van der Waals surface area contributed by atoms with Gasteiger partial charge in [-0.15, -0.1) is 0 Å². The van der Waals surface area contributed by atoms with Gasteiger partial charge >= 0.3 is 0 Å². The Morgan fingerprint density at radius 1 is 1.71 bits per heavy atom. The minimum absolute atomic E-state index is 0.0575. The molecule has 2 nitrogen and oxygen atoms in total. The van der Waals surface area contributed by atoms with Gasteiger partial charge in [-0.1, -0.05) is 6.92 Å². The maximum absolute atomic E-state index is 11.5. The molecule has 0 saturated carbocycles. The van der Waals surface area contributed by atoms with Crippen LogP contribution in [0.5, 0.6) is 0 Å². The fourth-order valence-corrected chi connectivity index (χ4v) is 1.55. The molecule has 1 aromatic rings. The molecule has 1 rings (SSSR count). The van der Waals surface area contributed by atoms with Crippen molar-refractivity contribution in [3.63, 3.8) is 0 Å². The molecule has 0 amide bonds. The normalized spacial score (nSPS) is 13.0. The lowest BCUT2D eigenvalue weighted by Crippen LogP contribution is -2.19. The zero-order chi connectivity index (χ0) is 10.4. The number of allylic oxidation sites excluding steroid dienone is 1. The number of carbonyl (C=O) groups is 1. The van der Waals surface area contributed by atoms with E-state index in [0.29, 0.717) is 6.04 Å². The van der Waals surface area contributed by atoms with Gasteiger partial charge in [0.2, 0.25) is 0 Å². The van der Waals surface area contributed by atoms with Crippen molar-refractivity contribution in [2.24, 2.45) is 0 Å². The third kappa shape index (κ3) is 3.34. The van der Waals surface area contributed by atoms with E-state index in [2.05, 4.69) is 19.2 Å². The zero-order valence-electron chi connectivity index (χ0n) is 8.49. The van der Waals surface area contributed by atoms with E-state index < -0.39 is 0 Å². The summed E-state index contributed by atoms with van der Waals surface area (Å²) in [6, 6.07) is 2.25. The zero-order valence-corrected chi connectivity index (χ0v) is 9.30. The van der Waals surface area contributed by atoms with Crippen LogP contribution in [-0.2, 0) is 0 Å². The van der Waals surface area contributed by atoms with Crippen molar-refractivity contribution in [2.75, 3.05) is 0 Å². The van der Waals surface area contributed by atoms with Crippen LogP contribution in [0.1, 0.15) is 30.6 Å². The van der Waals surface area contributed by atoms with Crippen molar-refractivity contribution in [3.05, 3.63) is 34.7 Å². The molecule has 3 heteroatoms. The molecule has 1 N–H and O–H groups in total. The number of rotatable bonds is 5. The van der Waals surface area contributed by atoms with E-state index in [-0.39, 0.29) is 5.78 Å². The summed E-state index contributed by atoms with van der Waals surface area (Å²) in [5, 5.41) is 6.89. The Morgan fingerprint density at radius 2 is 2.50 bits per heavy atom. The summed E-state index contributed by atoms with van der Waals surface area (Å²) in [6.07, 6.45) is 4.36. The molecule has 0 aliphatic rings. The molecule has 0 aliphatic heterocycles. The average Bonchev–Trinajstić information content (AvgIpc) is 2.70. The quantitative estimate of drug-likeness (QED) is 0.597. The lowest BCUT2D eigenvalue weighted by Gasteiger charge is -2.06. The summed E-state index contributed by atoms with van der Waals surface area (Å²) in [6.45, 7) is 4.19. The van der Waals surface area contributed by atoms with Gasteiger partial charge in [-0.25, -0.2) is 0 Å². The SMILES string of the molecule is CCC(C)N/C=C/C(=O)c1ccsc1. The van der Waals surface area contributed by atoms with Crippen LogP contribution in [-0.4, -0.2) is 11.8 Å². The van der Waals surface area contributed by atoms with Crippen molar-refractivity contribution in [1.82, 2.24) is 5.32 Å². The molecule has 1 atom stereocenters. The highest BCUT2D eigenvalue weighted by Crippen LogP contribution is 2.06. The van der Waals surface area contributed by atoms with Crippen LogP contribution < -0.4 is 5.32 Å². The van der Waals surface area contributed by atoms with Crippen LogP contribution in [0.4, 0.5) is 0 Å². The van der Waals surface area contributed by atoms with Crippen LogP contribution in [0.2, 0.25) is 0 Å². The molecule has 0 radical (unpaired) electrons. The monoisotopic (exact) mass is 209 g/mol. The third-order valence-electron chi connectivity index (χ3n) is 2.03. The van der Waals surface area contributed by atoms with Gasteiger partial charge in [0.25, 0.3) is 0 Å². The molecule has 0 aromatic carbocycles. The smallest absolute Gasteiger partial charge is 0.188 e. The Labute approximate surface area is 88.6 Å². The molecule has 1 aromatic heterocycles. The number of hydrogen-bond donors (Lipinski definition) is 1. The molecular formula is C11H15NOS. The van der Waals surface area contributed by atoms with Gasteiger partial charge in [0, 0.05) is 29.3 Å². The highest BCUT2D eigenvalue weighted by atomic mass is 32.1. The van der Waals surface area contributed by atoms with E-state index in [1.54, 1.807) is 12.3 Å². The van der Waals surface area contributed by atoms with E-state index in [1.807, 2.05) is 16.8 Å². The summed E-state index contributed by atoms with van der Waals surface area (Å²) in [5.74, 6) is 0.0575. The van der Waals surface area contributed by atoms with Crippen molar-refractivity contribution in [1.29, 1.82) is 0 Å². The standard InChI is InChI=1S/C11H15NOS/c1-3-9(2)12-6-4-11(13)10-5-7-14-8-10/h4-9,12H,3H2,1-2H3/b6-4+. The van der Waals surface area contributed by atoms with Crippen LogP contribution in [0.15, 0.2) is 29.1 Å². The Bertz CT molecular complexity index is 303. The number of nitrogens with one attached hydrogen (secondary N) is 1. The maximum Gasteiger partial charge on any atom is 0.188 e. The summed E-state index contributed by atoms with van der Waals surface area (Å²) < 4.78 is 0. The molecule has 0 saturated heterocycles. The first-order valence-electron chi connectivity index (χ1n) is 4.73. The first-order valence-corrected chi connectivity index (χ1v) is 5.67. The summed E-state index contributed by atoms with van der Waals surface area (Å²) >= 11 is 1.54. The molecule has 1 heterocycles. The molecule has 0 bridgehead atoms. The first kappa shape index (κ1) is 11.0. The lowest BCUT2D eigenvalue weighted by molar-refractivity contribution is 0.104. The molecule has 0 aliphatic carbocycles. The largest absolute Gasteiger partial charge is 0.388 e. The van der Waals surface area contributed by atoms with Gasteiger partial charge in [-0.3, -0.25) is 4.79 Å². The van der Waals surface area contributed by atoms with E-state index >= 15 is 0 Å². The average molecular weight is 209 g/mol. The first-order chi connectivity index (χ1) is 6.74. The summed E-state index contributed by atoms with van der Waals surface area (Å²) in [4.78, 5) is 11.5. The summed E-state index contributed by atoms with van der Waals surface area (Å²) in [7, 11) is 0. The minimum atomic E-state index is 0.0575. The van der Waals surface area contributed by atoms with Crippen molar-refractivity contribution >= 4 is 17.1 Å². The molecule has 0 spiro atoms. The fraction of sp³-hybridized carbons (Fsp3) is 0.364. The topological polar surface area (TPSA) is 29.1 Å². The fourth-order valence-electron chi connectivity index (χ4n) is 0.907. The predicted molar refractivity (Wildman–Crippen MR) is 60.7 cm³/mol. The molecule has 14 heavy (non-hydrogen) atoms. The van der Waals surface area contributed by atoms with Gasteiger partial charge in [0.1, 0.15) is 0 Å². The number of carbonyl (C=O) groups excluding carboxylic acids is 1. The predicted octanol–water partition coefficient (Wildman–Crippen LogP) is 2.83. The molecule has 76 valence electrons. The number of thiophene rings is 1. The lowest BCUT2D eigenvalue weighted by atomic mass is 10.2. The second-order valence-electron chi connectivity index (χ2n) is 3.19. The summed E-state index contributed by atoms with van der Waals surface area (Å²) in [5.41, 5.74) is 0.761. The highest BCUT2D eigenvalue weighted by Gasteiger charge is 2.00. The Morgan fingerprint density at radius 3 is 3.07 bits per heavy atom. The van der Waals surface area contributed by atoms with Gasteiger partial charge in [-0.2, -0.15) is 11.3 Å². The number of hydrogen-bond acceptors (Lipinski definition) is 3. The Kier molecular flexibility index (Phi) is 4.40. The van der Waals surface area contributed by atoms with Gasteiger partial charge in [0.05, 0.1) is 0 Å². The molecule has 1 unspecified atom stereocenters. The van der Waals surface area contributed by atoms with Gasteiger partial charge in [-0.05, 0) is 24.8 Å². The second-order valence-corrected chi connectivity index (χ2v) is 3.97. The van der Waals surface area contributed by atoms with Crippen LogP contribution in [0, 0.1) is 0 Å². The molecule has 0 fully saturated rings. The molecular weight excluding hydrogens is 194 g/mol. The van der Waals surface area contributed by atoms with E-state index in [1.165, 1.54) is 11.3 Å². The van der Waals surface area contributed by atoms with E-state index in [0.717, 1.165) is 12.0 Å². The van der Waals surface area contributed by atoms with Gasteiger partial charge in [0.15, 0.2) is 5.78 Å². The van der Waals surface area contributed by atoms with Gasteiger partial charge < -0.3 is 5.32 Å². The van der Waals surface area contributed by atoms with E-state index in [4.69, 9.17) is 0 Å². The highest BCUT2D eigenvalue weighted by molar-refractivity contribution is 7.08. The Balaban J connectivity index is 2.41. The van der Waals surface area contributed by atoms with Crippen LogP contribution in [0.25, 0.3) is 0 Å². The van der Waals surface area contributed by atoms with Crippen LogP contribution >= 0.6 is 11.3 Å². The van der Waals surface area contributed by atoms with Crippen molar-refractivity contribution in [3.8, 4) is 0 Å². The van der Waals surface area contributed by atoms with Crippen LogP contribution in [0.3, 0.4) is 0 Å². The number of ketones is 1. The van der Waals surface area contributed by atoms with E-state index in [9.17, 15) is 4.79 Å². The maximum atomic E-state index is 11.5. The Hall–Kier alpha value is -1.09. The third-order valence-corrected chi connectivity index (χ3v) is 2.72. The van der Waals surface area contributed by atoms with Crippen molar-refractivity contribution < 1.29 is 4.79 Å². The van der Waals surface area contributed by atoms with Crippen molar-refractivity contribution in [2.45, 2.75) is 26.3 Å².